The molecule has 0 aliphatic heterocycles. The van der Waals surface area contributed by atoms with Gasteiger partial charge in [0.2, 0.25) is 0 Å². The van der Waals surface area contributed by atoms with Crippen molar-refractivity contribution in [3.05, 3.63) is 181 Å². The van der Waals surface area contributed by atoms with Crippen LogP contribution in [0.15, 0.2) is 176 Å². The molecule has 0 saturated heterocycles. The third-order valence-electron chi connectivity index (χ3n) is 8.76. The van der Waals surface area contributed by atoms with Gasteiger partial charge in [-0.25, -0.2) is 9.97 Å². The van der Waals surface area contributed by atoms with Gasteiger partial charge >= 0.3 is 0 Å². The lowest BCUT2D eigenvalue weighted by atomic mass is 9.91. The molecule has 8 aromatic rings. The summed E-state index contributed by atoms with van der Waals surface area (Å²) in [6.07, 6.45) is 0. The summed E-state index contributed by atoms with van der Waals surface area (Å²) in [6, 6.07) is 62.8. The molecule has 0 amide bonds. The standard InChI is InChI=1S/C45H29N3/c46-30-31-10-9-15-38(28-31)32-18-20-33(21-19-32)39-26-27-40(42-17-8-7-16-41(39)42)34-22-24-36(25-23-34)44-29-43(35-11-3-1-4-12-35)47-45(48-44)37-13-5-2-6-14-37/h1-29H. The first kappa shape index (κ1) is 28.8. The van der Waals surface area contributed by atoms with Crippen LogP contribution in [-0.2, 0) is 0 Å². The van der Waals surface area contributed by atoms with Crippen molar-refractivity contribution in [1.82, 2.24) is 9.97 Å². The van der Waals surface area contributed by atoms with Crippen molar-refractivity contribution in [2.45, 2.75) is 0 Å². The van der Waals surface area contributed by atoms with Gasteiger partial charge in [-0.3, -0.25) is 0 Å². The zero-order valence-electron chi connectivity index (χ0n) is 26.1. The molecule has 0 spiro atoms. The Balaban J connectivity index is 1.15. The molecule has 48 heavy (non-hydrogen) atoms. The highest BCUT2D eigenvalue weighted by molar-refractivity contribution is 6.05. The Morgan fingerprint density at radius 1 is 0.354 bits per heavy atom. The molecule has 0 fully saturated rings. The van der Waals surface area contributed by atoms with Gasteiger partial charge in [-0.2, -0.15) is 5.26 Å². The van der Waals surface area contributed by atoms with Crippen molar-refractivity contribution < 1.29 is 0 Å². The summed E-state index contributed by atoms with van der Waals surface area (Å²) in [5.41, 5.74) is 12.3. The summed E-state index contributed by atoms with van der Waals surface area (Å²) in [7, 11) is 0. The lowest BCUT2D eigenvalue weighted by Crippen LogP contribution is -1.95. The summed E-state index contributed by atoms with van der Waals surface area (Å²) in [6.45, 7) is 0. The SMILES string of the molecule is N#Cc1cccc(-c2ccc(-c3ccc(-c4ccc(-c5cc(-c6ccccc6)nc(-c6ccccc6)n5)cc4)c4ccccc34)cc2)c1. The molecule has 7 aromatic carbocycles. The molecular weight excluding hydrogens is 583 g/mol. The number of hydrogen-bond donors (Lipinski definition) is 0. The van der Waals surface area contributed by atoms with Crippen LogP contribution < -0.4 is 0 Å². The van der Waals surface area contributed by atoms with Crippen LogP contribution in [-0.4, -0.2) is 9.97 Å². The molecule has 0 saturated carbocycles. The molecule has 0 atom stereocenters. The Kier molecular flexibility index (Phi) is 7.59. The minimum Gasteiger partial charge on any atom is -0.228 e. The summed E-state index contributed by atoms with van der Waals surface area (Å²) in [4.78, 5) is 9.94. The second-order valence-corrected chi connectivity index (χ2v) is 11.7. The minimum atomic E-state index is 0.664. The maximum Gasteiger partial charge on any atom is 0.160 e. The molecule has 0 aliphatic rings. The molecular formula is C45H29N3. The second-order valence-electron chi connectivity index (χ2n) is 11.7. The average molecular weight is 612 g/mol. The minimum absolute atomic E-state index is 0.664. The maximum absolute atomic E-state index is 9.32. The van der Waals surface area contributed by atoms with Crippen LogP contribution >= 0.6 is 0 Å². The molecule has 1 aromatic heterocycles. The summed E-state index contributed by atoms with van der Waals surface area (Å²) in [5, 5.41) is 11.7. The second kappa shape index (κ2) is 12.6. The predicted octanol–water partition coefficient (Wildman–Crippen LogP) is 11.5. The molecule has 0 bridgehead atoms. The van der Waals surface area contributed by atoms with E-state index in [1.165, 1.54) is 21.9 Å². The van der Waals surface area contributed by atoms with E-state index in [0.29, 0.717) is 11.4 Å². The van der Waals surface area contributed by atoms with E-state index >= 15 is 0 Å². The molecule has 1 heterocycles. The number of nitrogens with zero attached hydrogens (tertiary/aromatic N) is 3. The monoisotopic (exact) mass is 611 g/mol. The van der Waals surface area contributed by atoms with Gasteiger partial charge in [0.05, 0.1) is 23.0 Å². The van der Waals surface area contributed by atoms with Crippen molar-refractivity contribution in [3.8, 4) is 73.4 Å². The van der Waals surface area contributed by atoms with E-state index in [2.05, 4.69) is 121 Å². The van der Waals surface area contributed by atoms with Gasteiger partial charge in [0.1, 0.15) is 0 Å². The molecule has 0 unspecified atom stereocenters. The predicted molar refractivity (Wildman–Crippen MR) is 197 cm³/mol. The Hall–Kier alpha value is -6.63. The first-order chi connectivity index (χ1) is 23.7. The van der Waals surface area contributed by atoms with Gasteiger partial charge < -0.3 is 0 Å². The fourth-order valence-electron chi connectivity index (χ4n) is 6.30. The van der Waals surface area contributed by atoms with Crippen LogP contribution in [0.1, 0.15) is 5.56 Å². The maximum atomic E-state index is 9.32. The number of benzene rings is 7. The van der Waals surface area contributed by atoms with Crippen LogP contribution in [0.3, 0.4) is 0 Å². The highest BCUT2D eigenvalue weighted by Gasteiger charge is 2.13. The van der Waals surface area contributed by atoms with Crippen LogP contribution in [0.2, 0.25) is 0 Å². The normalized spacial score (nSPS) is 10.9. The molecule has 8 rings (SSSR count). The van der Waals surface area contributed by atoms with E-state index < -0.39 is 0 Å². The number of aromatic nitrogens is 2. The smallest absolute Gasteiger partial charge is 0.160 e. The van der Waals surface area contributed by atoms with Crippen LogP contribution in [0, 0.1) is 11.3 Å². The molecule has 0 radical (unpaired) electrons. The summed E-state index contributed by atoms with van der Waals surface area (Å²) in [5.74, 6) is 0.710. The van der Waals surface area contributed by atoms with E-state index in [-0.39, 0.29) is 0 Å². The van der Waals surface area contributed by atoms with Gasteiger partial charge in [-0.1, -0.05) is 158 Å². The van der Waals surface area contributed by atoms with Gasteiger partial charge in [0.25, 0.3) is 0 Å². The van der Waals surface area contributed by atoms with Crippen molar-refractivity contribution in [3.63, 3.8) is 0 Å². The summed E-state index contributed by atoms with van der Waals surface area (Å²) < 4.78 is 0. The Bertz CT molecular complexity index is 2370. The Morgan fingerprint density at radius 3 is 1.38 bits per heavy atom. The number of nitriles is 1. The zero-order valence-corrected chi connectivity index (χ0v) is 26.1. The largest absolute Gasteiger partial charge is 0.228 e. The van der Waals surface area contributed by atoms with E-state index in [1.807, 2.05) is 60.7 Å². The van der Waals surface area contributed by atoms with E-state index in [4.69, 9.17) is 9.97 Å². The Labute approximate surface area is 280 Å². The first-order valence-electron chi connectivity index (χ1n) is 16.0. The number of fused-ring (bicyclic) bond motifs is 1. The molecule has 3 heteroatoms. The lowest BCUT2D eigenvalue weighted by molar-refractivity contribution is 1.18. The van der Waals surface area contributed by atoms with Gasteiger partial charge in [-0.05, 0) is 62.4 Å². The van der Waals surface area contributed by atoms with Crippen LogP contribution in [0.5, 0.6) is 0 Å². The molecule has 224 valence electrons. The van der Waals surface area contributed by atoms with Crippen molar-refractivity contribution >= 4 is 10.8 Å². The van der Waals surface area contributed by atoms with Crippen molar-refractivity contribution in [1.29, 1.82) is 5.26 Å². The van der Waals surface area contributed by atoms with Gasteiger partial charge in [0, 0.05) is 16.7 Å². The third kappa shape index (κ3) is 5.64. The van der Waals surface area contributed by atoms with Crippen LogP contribution in [0.25, 0.3) is 78.1 Å². The highest BCUT2D eigenvalue weighted by Crippen LogP contribution is 2.37. The molecule has 0 aliphatic carbocycles. The van der Waals surface area contributed by atoms with E-state index in [9.17, 15) is 5.26 Å². The van der Waals surface area contributed by atoms with E-state index in [1.54, 1.807) is 0 Å². The van der Waals surface area contributed by atoms with Crippen molar-refractivity contribution in [2.75, 3.05) is 0 Å². The van der Waals surface area contributed by atoms with E-state index in [0.717, 1.165) is 50.3 Å². The fraction of sp³-hybridized carbons (Fsp3) is 0. The molecule has 0 N–H and O–H groups in total. The molecule has 3 nitrogen and oxygen atoms in total. The van der Waals surface area contributed by atoms with Gasteiger partial charge in [0.15, 0.2) is 5.82 Å². The first-order valence-corrected chi connectivity index (χ1v) is 16.0. The highest BCUT2D eigenvalue weighted by atomic mass is 14.9. The third-order valence-corrected chi connectivity index (χ3v) is 8.76. The zero-order chi connectivity index (χ0) is 32.3. The summed E-state index contributed by atoms with van der Waals surface area (Å²) >= 11 is 0. The van der Waals surface area contributed by atoms with Crippen molar-refractivity contribution in [2.24, 2.45) is 0 Å². The number of hydrogen-bond acceptors (Lipinski definition) is 3. The van der Waals surface area contributed by atoms with Gasteiger partial charge in [-0.15, -0.1) is 0 Å². The Morgan fingerprint density at radius 2 is 0.812 bits per heavy atom. The fourth-order valence-corrected chi connectivity index (χ4v) is 6.30. The lowest BCUT2D eigenvalue weighted by Gasteiger charge is -2.13. The number of rotatable bonds is 6. The van der Waals surface area contributed by atoms with Crippen LogP contribution in [0.4, 0.5) is 0 Å². The quantitative estimate of drug-likeness (QED) is 0.188. The average Bonchev–Trinajstić information content (AvgIpc) is 3.18. The topological polar surface area (TPSA) is 49.6 Å².